The van der Waals surface area contributed by atoms with Crippen LogP contribution in [0.2, 0.25) is 5.04 Å². The summed E-state index contributed by atoms with van der Waals surface area (Å²) >= 11 is 0. The van der Waals surface area contributed by atoms with Gasteiger partial charge in [-0.2, -0.15) is 0 Å². The first-order chi connectivity index (χ1) is 14.2. The van der Waals surface area contributed by atoms with Gasteiger partial charge in [0.15, 0.2) is 0 Å². The smallest absolute Gasteiger partial charge is 0.330 e. The van der Waals surface area contributed by atoms with E-state index >= 15 is 0 Å². The molecule has 1 atom stereocenters. The van der Waals surface area contributed by atoms with Crippen molar-refractivity contribution in [3.63, 3.8) is 0 Å². The Morgan fingerprint density at radius 2 is 1.47 bits per heavy atom. The van der Waals surface area contributed by atoms with Gasteiger partial charge < -0.3 is 9.16 Å². The minimum atomic E-state index is -2.62. The lowest BCUT2D eigenvalue weighted by atomic mass is 10.0. The van der Waals surface area contributed by atoms with E-state index in [-0.39, 0.29) is 17.1 Å². The second kappa shape index (κ2) is 10.7. The number of hydrogen-bond donors (Lipinski definition) is 0. The van der Waals surface area contributed by atoms with Gasteiger partial charge in [-0.3, -0.25) is 0 Å². The molecule has 0 aliphatic heterocycles. The van der Waals surface area contributed by atoms with E-state index in [1.165, 1.54) is 16.4 Å². The Hall–Kier alpha value is -2.17. The largest absolute Gasteiger partial charge is 0.463 e. The van der Waals surface area contributed by atoms with Gasteiger partial charge in [0.2, 0.25) is 0 Å². The monoisotopic (exact) mass is 424 g/mol. The van der Waals surface area contributed by atoms with Crippen LogP contribution in [0.4, 0.5) is 0 Å². The van der Waals surface area contributed by atoms with E-state index in [4.69, 9.17) is 9.16 Å². The Bertz CT molecular complexity index is 768. The molecule has 0 radical (unpaired) electrons. The number of carbonyl (C=O) groups excluding carboxylic acids is 1. The zero-order valence-electron chi connectivity index (χ0n) is 19.2. The van der Waals surface area contributed by atoms with Crippen LogP contribution in [0.1, 0.15) is 48.0 Å². The van der Waals surface area contributed by atoms with Crippen LogP contribution in [0.25, 0.3) is 0 Å². The minimum Gasteiger partial charge on any atom is -0.463 e. The average Bonchev–Trinajstić information content (AvgIpc) is 2.71. The maximum Gasteiger partial charge on any atom is 0.330 e. The highest BCUT2D eigenvalue weighted by molar-refractivity contribution is 6.99. The summed E-state index contributed by atoms with van der Waals surface area (Å²) in [5, 5.41) is 2.46. The van der Waals surface area contributed by atoms with Gasteiger partial charge in [0.25, 0.3) is 8.32 Å². The summed E-state index contributed by atoms with van der Waals surface area (Å²) in [5.41, 5.74) is 0. The van der Waals surface area contributed by atoms with E-state index in [1.807, 2.05) is 13.0 Å². The molecule has 0 fully saturated rings. The summed E-state index contributed by atoms with van der Waals surface area (Å²) in [4.78, 5) is 11.7. The summed E-state index contributed by atoms with van der Waals surface area (Å²) in [6, 6.07) is 21.3. The number of benzene rings is 2. The zero-order valence-corrected chi connectivity index (χ0v) is 20.2. The van der Waals surface area contributed by atoms with E-state index < -0.39 is 8.32 Å². The number of ether oxygens (including phenoxy) is 1. The lowest BCUT2D eigenvalue weighted by Crippen LogP contribution is -2.68. The van der Waals surface area contributed by atoms with Crippen LogP contribution in [-0.2, 0) is 14.0 Å². The van der Waals surface area contributed by atoms with Gasteiger partial charge in [0.1, 0.15) is 0 Å². The van der Waals surface area contributed by atoms with E-state index in [0.717, 1.165) is 0 Å². The predicted octanol–water partition coefficient (Wildman–Crippen LogP) is 5.10. The number of hydrogen-bond acceptors (Lipinski definition) is 3. The Labute approximate surface area is 183 Å². The van der Waals surface area contributed by atoms with Crippen molar-refractivity contribution in [2.45, 2.75) is 59.1 Å². The zero-order chi connectivity index (χ0) is 22.2. The molecule has 0 unspecified atom stereocenters. The molecule has 0 N–H and O–H groups in total. The molecule has 0 aromatic heterocycles. The van der Waals surface area contributed by atoms with E-state index in [1.54, 1.807) is 0 Å². The third kappa shape index (κ3) is 5.70. The van der Waals surface area contributed by atoms with Gasteiger partial charge in [-0.05, 0) is 34.7 Å². The van der Waals surface area contributed by atoms with Crippen LogP contribution in [-0.4, -0.2) is 27.0 Å². The van der Waals surface area contributed by atoms with Crippen molar-refractivity contribution in [3.8, 4) is 0 Å². The molecule has 0 aliphatic rings. The third-order valence-corrected chi connectivity index (χ3v) is 10.5. The maximum absolute atomic E-state index is 11.7. The van der Waals surface area contributed by atoms with Gasteiger partial charge in [-0.1, -0.05) is 101 Å². The second-order valence-corrected chi connectivity index (χ2v) is 13.2. The summed E-state index contributed by atoms with van der Waals surface area (Å²) in [6.07, 6.45) is 4.07. The van der Waals surface area contributed by atoms with Gasteiger partial charge in [-0.15, -0.1) is 0 Å². The van der Waals surface area contributed by atoms with Crippen molar-refractivity contribution in [3.05, 3.63) is 72.8 Å². The first kappa shape index (κ1) is 24.1. The van der Waals surface area contributed by atoms with Crippen molar-refractivity contribution in [1.82, 2.24) is 0 Å². The van der Waals surface area contributed by atoms with Crippen molar-refractivity contribution in [2.75, 3.05) is 6.61 Å². The van der Waals surface area contributed by atoms with Crippen LogP contribution in [0.3, 0.4) is 0 Å². The molecule has 2 rings (SSSR count). The molecule has 162 valence electrons. The van der Waals surface area contributed by atoms with Crippen molar-refractivity contribution < 1.29 is 14.0 Å². The third-order valence-electron chi connectivity index (χ3n) is 5.40. The highest BCUT2D eigenvalue weighted by atomic mass is 28.4. The maximum atomic E-state index is 11.7. The molecular weight excluding hydrogens is 388 g/mol. The van der Waals surface area contributed by atoms with E-state index in [0.29, 0.717) is 18.9 Å². The molecule has 0 saturated carbocycles. The lowest BCUT2D eigenvalue weighted by molar-refractivity contribution is -0.137. The van der Waals surface area contributed by atoms with Gasteiger partial charge in [0, 0.05) is 6.08 Å². The molecule has 2 aromatic rings. The molecule has 4 heteroatoms. The molecule has 0 spiro atoms. The molecule has 0 aliphatic carbocycles. The molecule has 30 heavy (non-hydrogen) atoms. The number of rotatable bonds is 9. The Kier molecular flexibility index (Phi) is 8.62. The van der Waals surface area contributed by atoms with Crippen molar-refractivity contribution in [2.24, 2.45) is 5.92 Å². The van der Waals surface area contributed by atoms with Crippen LogP contribution >= 0.6 is 0 Å². The fourth-order valence-corrected chi connectivity index (χ4v) is 8.70. The van der Waals surface area contributed by atoms with Crippen LogP contribution < -0.4 is 10.4 Å². The minimum absolute atomic E-state index is 0.0121. The number of carbonyl (C=O) groups is 1. The molecular formula is C26H36O3Si. The molecule has 0 heterocycles. The van der Waals surface area contributed by atoms with Crippen LogP contribution in [0.15, 0.2) is 72.8 Å². The van der Waals surface area contributed by atoms with Gasteiger partial charge in [0.05, 0.1) is 12.7 Å². The first-order valence-electron chi connectivity index (χ1n) is 10.8. The summed E-state index contributed by atoms with van der Waals surface area (Å²) in [5.74, 6) is 0.00366. The Morgan fingerprint density at radius 3 is 1.87 bits per heavy atom. The average molecular weight is 425 g/mol. The van der Waals surface area contributed by atoms with E-state index in [2.05, 4.69) is 95.3 Å². The molecule has 0 amide bonds. The SMILES string of the molecule is CCOC(=O)/C=C/C[C@H](O[Si](c1ccccc1)(c1ccccc1)C(C)(C)C)C(C)C. The van der Waals surface area contributed by atoms with Crippen LogP contribution in [0.5, 0.6) is 0 Å². The number of esters is 1. The fourth-order valence-electron chi connectivity index (χ4n) is 3.86. The van der Waals surface area contributed by atoms with Gasteiger partial charge in [-0.25, -0.2) is 4.79 Å². The summed E-state index contributed by atoms with van der Waals surface area (Å²) < 4.78 is 12.2. The summed E-state index contributed by atoms with van der Waals surface area (Å²) in [7, 11) is -2.62. The topological polar surface area (TPSA) is 35.5 Å². The molecule has 0 bridgehead atoms. The normalized spacial score (nSPS) is 13.6. The quantitative estimate of drug-likeness (QED) is 0.319. The predicted molar refractivity (Wildman–Crippen MR) is 128 cm³/mol. The lowest BCUT2D eigenvalue weighted by Gasteiger charge is -2.46. The first-order valence-corrected chi connectivity index (χ1v) is 12.8. The fraction of sp³-hybridized carbons (Fsp3) is 0.423. The van der Waals surface area contributed by atoms with Crippen LogP contribution in [0, 0.1) is 5.92 Å². The van der Waals surface area contributed by atoms with Crippen molar-refractivity contribution >= 4 is 24.7 Å². The molecule has 0 saturated heterocycles. The highest BCUT2D eigenvalue weighted by Crippen LogP contribution is 2.38. The van der Waals surface area contributed by atoms with Gasteiger partial charge >= 0.3 is 5.97 Å². The Morgan fingerprint density at radius 1 is 0.967 bits per heavy atom. The standard InChI is InChI=1S/C26H36O3Si/c1-7-28-25(27)20-14-19-24(21(2)3)29-30(26(4,5)6,22-15-10-8-11-16-22)23-17-12-9-13-18-23/h8-18,20-21,24H,7,19H2,1-6H3/b20-14+/t24-/m0/s1. The highest BCUT2D eigenvalue weighted by Gasteiger charge is 2.51. The molecule has 3 nitrogen and oxygen atoms in total. The molecule has 2 aromatic carbocycles. The van der Waals surface area contributed by atoms with Crippen molar-refractivity contribution in [1.29, 1.82) is 0 Å². The van der Waals surface area contributed by atoms with E-state index in [9.17, 15) is 4.79 Å². The Balaban J connectivity index is 2.51. The summed E-state index contributed by atoms with van der Waals surface area (Å²) in [6.45, 7) is 13.4. The second-order valence-electron chi connectivity index (χ2n) is 8.95.